The van der Waals surface area contributed by atoms with Crippen LogP contribution in [0, 0.1) is 0 Å². The molecule has 1 atom stereocenters. The zero-order valence-corrected chi connectivity index (χ0v) is 10.3. The maximum Gasteiger partial charge on any atom is 0.411 e. The van der Waals surface area contributed by atoms with Crippen LogP contribution in [0.3, 0.4) is 0 Å². The molecule has 0 aliphatic heterocycles. The minimum Gasteiger partial charge on any atom is -0.481 e. The van der Waals surface area contributed by atoms with E-state index in [4.69, 9.17) is 4.74 Å². The molecule has 0 radical (unpaired) electrons. The van der Waals surface area contributed by atoms with Crippen molar-refractivity contribution in [2.75, 3.05) is 19.0 Å². The number of methoxy groups -OCH3 is 1. The van der Waals surface area contributed by atoms with E-state index in [1.54, 1.807) is 0 Å². The Bertz CT molecular complexity index is 420. The Labute approximate surface area is 107 Å². The smallest absolute Gasteiger partial charge is 0.411 e. The molecule has 0 saturated carbocycles. The highest BCUT2D eigenvalue weighted by Crippen LogP contribution is 2.16. The minimum absolute atomic E-state index is 0.341. The van der Waals surface area contributed by atoms with Gasteiger partial charge in [0, 0.05) is 6.07 Å². The van der Waals surface area contributed by atoms with Crippen molar-refractivity contribution in [3.8, 4) is 5.88 Å². The van der Waals surface area contributed by atoms with Gasteiger partial charge in [0.2, 0.25) is 5.88 Å². The Hall–Kier alpha value is -1.83. The van der Waals surface area contributed by atoms with E-state index in [-0.39, 0.29) is 0 Å². The zero-order valence-electron chi connectivity index (χ0n) is 10.3. The number of carbonyl (C=O) groups excluding carboxylic acids is 1. The number of pyridine rings is 1. The van der Waals surface area contributed by atoms with Crippen molar-refractivity contribution >= 4 is 11.6 Å². The summed E-state index contributed by atoms with van der Waals surface area (Å²) in [7, 11) is 1.44. The highest BCUT2D eigenvalue weighted by molar-refractivity contribution is 5.93. The number of alkyl halides is 3. The Morgan fingerprint density at radius 2 is 2.16 bits per heavy atom. The molecule has 1 aromatic rings. The fraction of sp³-hybridized carbons (Fsp3) is 0.455. The number of hydrogen-bond acceptors (Lipinski definition) is 4. The van der Waals surface area contributed by atoms with Crippen LogP contribution in [0.25, 0.3) is 0 Å². The highest BCUT2D eigenvalue weighted by Gasteiger charge is 2.29. The number of ether oxygens (including phenoxy) is 2. The van der Waals surface area contributed by atoms with E-state index in [1.165, 1.54) is 32.4 Å². The molecule has 1 unspecified atom stereocenters. The van der Waals surface area contributed by atoms with Crippen molar-refractivity contribution in [1.82, 2.24) is 4.98 Å². The highest BCUT2D eigenvalue weighted by atomic mass is 19.4. The molecular weight excluding hydrogens is 265 g/mol. The second-order valence-electron chi connectivity index (χ2n) is 3.65. The Kier molecular flexibility index (Phi) is 5.11. The third-order valence-electron chi connectivity index (χ3n) is 2.08. The van der Waals surface area contributed by atoms with Gasteiger partial charge in [-0.2, -0.15) is 13.2 Å². The first-order chi connectivity index (χ1) is 8.81. The Morgan fingerprint density at radius 1 is 1.47 bits per heavy atom. The molecule has 1 rings (SSSR count). The van der Waals surface area contributed by atoms with E-state index < -0.39 is 24.8 Å². The van der Waals surface area contributed by atoms with E-state index in [0.717, 1.165) is 0 Å². The van der Waals surface area contributed by atoms with Crippen LogP contribution >= 0.6 is 0 Å². The van der Waals surface area contributed by atoms with Gasteiger partial charge in [-0.25, -0.2) is 4.98 Å². The number of carbonyl (C=O) groups is 1. The number of halogens is 3. The standard InChI is InChI=1S/C11H13F3N2O3/c1-7(19-6-11(12,13)14)10(17)16-8-3-4-9(18-2)15-5-8/h3-5,7H,6H2,1-2H3,(H,16,17). The molecule has 1 aromatic heterocycles. The second-order valence-corrected chi connectivity index (χ2v) is 3.65. The molecule has 0 aliphatic carbocycles. The maximum atomic E-state index is 11.9. The monoisotopic (exact) mass is 278 g/mol. The summed E-state index contributed by atoms with van der Waals surface area (Å²) in [6, 6.07) is 3.02. The lowest BCUT2D eigenvalue weighted by Crippen LogP contribution is -2.31. The van der Waals surface area contributed by atoms with Crippen LogP contribution < -0.4 is 10.1 Å². The first-order valence-electron chi connectivity index (χ1n) is 5.31. The van der Waals surface area contributed by atoms with E-state index >= 15 is 0 Å². The molecule has 0 aromatic carbocycles. The number of anilines is 1. The summed E-state index contributed by atoms with van der Waals surface area (Å²) in [6.45, 7) is -0.236. The van der Waals surface area contributed by atoms with Crippen molar-refractivity contribution in [2.24, 2.45) is 0 Å². The molecule has 19 heavy (non-hydrogen) atoms. The molecule has 1 N–H and O–H groups in total. The number of hydrogen-bond donors (Lipinski definition) is 1. The van der Waals surface area contributed by atoms with Gasteiger partial charge in [0.25, 0.3) is 5.91 Å². The Balaban J connectivity index is 2.49. The molecule has 106 valence electrons. The molecule has 0 bridgehead atoms. The van der Waals surface area contributed by atoms with Crippen LogP contribution in [0.5, 0.6) is 5.88 Å². The fourth-order valence-electron chi connectivity index (χ4n) is 1.11. The maximum absolute atomic E-state index is 11.9. The average Bonchev–Trinajstić information content (AvgIpc) is 2.36. The minimum atomic E-state index is -4.46. The quantitative estimate of drug-likeness (QED) is 0.894. The number of amides is 1. The average molecular weight is 278 g/mol. The normalized spacial score (nSPS) is 12.9. The van der Waals surface area contributed by atoms with Crippen molar-refractivity contribution in [3.63, 3.8) is 0 Å². The van der Waals surface area contributed by atoms with E-state index in [0.29, 0.717) is 11.6 Å². The van der Waals surface area contributed by atoms with Gasteiger partial charge in [-0.3, -0.25) is 4.79 Å². The van der Waals surface area contributed by atoms with Gasteiger partial charge >= 0.3 is 6.18 Å². The van der Waals surface area contributed by atoms with E-state index in [9.17, 15) is 18.0 Å². The van der Waals surface area contributed by atoms with E-state index in [2.05, 4.69) is 15.0 Å². The number of nitrogens with zero attached hydrogens (tertiary/aromatic N) is 1. The first-order valence-corrected chi connectivity index (χ1v) is 5.31. The lowest BCUT2D eigenvalue weighted by Gasteiger charge is -2.14. The summed E-state index contributed by atoms with van der Waals surface area (Å²) in [5, 5.41) is 2.38. The van der Waals surface area contributed by atoms with Crippen LogP contribution in [0.2, 0.25) is 0 Å². The fourth-order valence-corrected chi connectivity index (χ4v) is 1.11. The van der Waals surface area contributed by atoms with Gasteiger partial charge in [-0.15, -0.1) is 0 Å². The summed E-state index contributed by atoms with van der Waals surface area (Å²) in [5.41, 5.74) is 0.341. The number of aromatic nitrogens is 1. The predicted octanol–water partition coefficient (Wildman–Crippen LogP) is 2.00. The molecule has 0 aliphatic rings. The molecule has 0 spiro atoms. The number of rotatable bonds is 5. The second kappa shape index (κ2) is 6.37. The lowest BCUT2D eigenvalue weighted by atomic mass is 10.3. The molecule has 1 amide bonds. The molecule has 1 heterocycles. The van der Waals surface area contributed by atoms with Crippen molar-refractivity contribution in [1.29, 1.82) is 0 Å². The van der Waals surface area contributed by atoms with Crippen LogP contribution in [0.1, 0.15) is 6.92 Å². The van der Waals surface area contributed by atoms with Gasteiger partial charge in [0.15, 0.2) is 0 Å². The van der Waals surface area contributed by atoms with E-state index in [1.807, 2.05) is 0 Å². The van der Waals surface area contributed by atoms with Crippen molar-refractivity contribution in [3.05, 3.63) is 18.3 Å². The Morgan fingerprint density at radius 3 is 2.63 bits per heavy atom. The zero-order chi connectivity index (χ0) is 14.5. The third kappa shape index (κ3) is 5.56. The van der Waals surface area contributed by atoms with Gasteiger partial charge in [-0.05, 0) is 13.0 Å². The van der Waals surface area contributed by atoms with Crippen molar-refractivity contribution < 1.29 is 27.4 Å². The van der Waals surface area contributed by atoms with Gasteiger partial charge in [0.05, 0.1) is 19.0 Å². The molecule has 0 saturated heterocycles. The largest absolute Gasteiger partial charge is 0.481 e. The van der Waals surface area contributed by atoms with Crippen LogP contribution in [0.4, 0.5) is 18.9 Å². The molecule has 0 fully saturated rings. The van der Waals surface area contributed by atoms with Crippen LogP contribution in [-0.2, 0) is 9.53 Å². The molecule has 5 nitrogen and oxygen atoms in total. The summed E-state index contributed by atoms with van der Waals surface area (Å²) in [4.78, 5) is 15.4. The summed E-state index contributed by atoms with van der Waals surface area (Å²) < 4.78 is 45.0. The van der Waals surface area contributed by atoms with Crippen molar-refractivity contribution in [2.45, 2.75) is 19.2 Å². The predicted molar refractivity (Wildman–Crippen MR) is 60.9 cm³/mol. The van der Waals surface area contributed by atoms with Gasteiger partial charge in [-0.1, -0.05) is 0 Å². The lowest BCUT2D eigenvalue weighted by molar-refractivity contribution is -0.184. The summed E-state index contributed by atoms with van der Waals surface area (Å²) in [6.07, 6.45) is -4.35. The van der Waals surface area contributed by atoms with Crippen LogP contribution in [-0.4, -0.2) is 36.9 Å². The van der Waals surface area contributed by atoms with Gasteiger partial charge in [0.1, 0.15) is 12.7 Å². The molecular formula is C11H13F3N2O3. The van der Waals surface area contributed by atoms with Gasteiger partial charge < -0.3 is 14.8 Å². The van der Waals surface area contributed by atoms with Crippen LogP contribution in [0.15, 0.2) is 18.3 Å². The number of nitrogens with one attached hydrogen (secondary N) is 1. The third-order valence-corrected chi connectivity index (χ3v) is 2.08. The summed E-state index contributed by atoms with van der Waals surface area (Å²) in [5.74, 6) is -0.324. The molecule has 8 heteroatoms. The SMILES string of the molecule is COc1ccc(NC(=O)C(C)OCC(F)(F)F)cn1. The topological polar surface area (TPSA) is 60.5 Å². The first kappa shape index (κ1) is 15.2. The summed E-state index contributed by atoms with van der Waals surface area (Å²) >= 11 is 0.